The zero-order chi connectivity index (χ0) is 23.9. The Hall–Kier alpha value is -2.84. The van der Waals surface area contributed by atoms with Gasteiger partial charge in [-0.15, -0.1) is 11.3 Å². The minimum atomic E-state index is -4.30. The fourth-order valence-corrected chi connectivity index (χ4v) is 5.66. The molecule has 1 fully saturated rings. The molecule has 8 heteroatoms. The summed E-state index contributed by atoms with van der Waals surface area (Å²) in [7, 11) is 2.13. The maximum atomic E-state index is 12.9. The molecule has 34 heavy (non-hydrogen) atoms. The smallest absolute Gasteiger partial charge is 0.366 e. The lowest BCUT2D eigenvalue weighted by atomic mass is 10.00. The van der Waals surface area contributed by atoms with E-state index in [4.69, 9.17) is 4.98 Å². The molecule has 1 aromatic carbocycles. The summed E-state index contributed by atoms with van der Waals surface area (Å²) in [6, 6.07) is 12.1. The number of likely N-dealkylation sites (N-methyl/N-ethyl adjacent to an activating group) is 1. The van der Waals surface area contributed by atoms with Crippen LogP contribution >= 0.6 is 11.3 Å². The number of piperazine rings is 1. The average molecular weight is 485 g/mol. The largest absolute Gasteiger partial charge is 0.416 e. The molecule has 0 saturated carbocycles. The Balaban J connectivity index is 1.40. The Bertz CT molecular complexity index is 1300. The van der Waals surface area contributed by atoms with Crippen molar-refractivity contribution in [2.24, 2.45) is 0 Å². The van der Waals surface area contributed by atoms with Gasteiger partial charge in [-0.1, -0.05) is 12.1 Å². The van der Waals surface area contributed by atoms with Gasteiger partial charge in [-0.3, -0.25) is 9.88 Å². The number of hydrogen-bond acceptors (Lipinski definition) is 5. The van der Waals surface area contributed by atoms with E-state index in [1.807, 2.05) is 18.5 Å². The minimum Gasteiger partial charge on any atom is -0.366 e. The Kier molecular flexibility index (Phi) is 6.12. The second kappa shape index (κ2) is 9.07. The number of thiophene rings is 1. The molecule has 3 aromatic rings. The van der Waals surface area contributed by atoms with Crippen LogP contribution in [-0.2, 0) is 12.6 Å². The predicted octanol–water partition coefficient (Wildman–Crippen LogP) is 4.04. The zero-order valence-electron chi connectivity index (χ0n) is 19.2. The summed E-state index contributed by atoms with van der Waals surface area (Å²) < 4.78 is 38.6. The number of anilines is 1. The molecule has 5 rings (SSSR count). The normalized spacial score (nSPS) is 18.6. The quantitative estimate of drug-likeness (QED) is 0.606. The molecular formula is C26H27F3N4S. The number of halogens is 3. The number of fused-ring (bicyclic) bond motifs is 2. The van der Waals surface area contributed by atoms with Gasteiger partial charge in [-0.05, 0) is 62.7 Å². The Labute approximate surface area is 201 Å². The topological polar surface area (TPSA) is 31.4 Å². The predicted molar refractivity (Wildman–Crippen MR) is 131 cm³/mol. The van der Waals surface area contributed by atoms with Crippen LogP contribution in [0.5, 0.6) is 0 Å². The van der Waals surface area contributed by atoms with Gasteiger partial charge >= 0.3 is 6.18 Å². The monoisotopic (exact) mass is 484 g/mol. The third-order valence-corrected chi connectivity index (χ3v) is 7.65. The summed E-state index contributed by atoms with van der Waals surface area (Å²) in [5.41, 5.74) is 2.67. The SMILES string of the molecule is Cc1cc2c(s1)NC=c1cccnc1=C2N1CCN(C)C(CCc2ccc(C(F)(F)F)cc2)C1. The van der Waals surface area contributed by atoms with Crippen molar-refractivity contribution in [2.75, 3.05) is 32.0 Å². The van der Waals surface area contributed by atoms with Crippen LogP contribution in [0.2, 0.25) is 0 Å². The molecule has 0 radical (unpaired) electrons. The number of nitrogens with one attached hydrogen (secondary N) is 1. The van der Waals surface area contributed by atoms with E-state index in [0.717, 1.165) is 59.3 Å². The molecule has 1 saturated heterocycles. The van der Waals surface area contributed by atoms with Gasteiger partial charge in [0.2, 0.25) is 0 Å². The van der Waals surface area contributed by atoms with E-state index in [0.29, 0.717) is 6.04 Å². The van der Waals surface area contributed by atoms with Gasteiger partial charge in [0.1, 0.15) is 5.00 Å². The number of aromatic nitrogens is 1. The first kappa shape index (κ1) is 22.9. The third kappa shape index (κ3) is 4.57. The second-order valence-electron chi connectivity index (χ2n) is 8.99. The molecule has 0 aliphatic carbocycles. The molecule has 2 aliphatic rings. The van der Waals surface area contributed by atoms with Crippen LogP contribution in [0.1, 0.15) is 28.0 Å². The van der Waals surface area contributed by atoms with E-state index < -0.39 is 11.7 Å². The van der Waals surface area contributed by atoms with Gasteiger partial charge in [-0.2, -0.15) is 13.2 Å². The lowest BCUT2D eigenvalue weighted by Gasteiger charge is -2.41. The average Bonchev–Trinajstić information content (AvgIpc) is 3.11. The molecule has 2 aliphatic heterocycles. The molecule has 1 N–H and O–H groups in total. The van der Waals surface area contributed by atoms with Crippen molar-refractivity contribution in [3.05, 3.63) is 80.8 Å². The van der Waals surface area contributed by atoms with Crippen molar-refractivity contribution >= 4 is 28.2 Å². The molecule has 178 valence electrons. The third-order valence-electron chi connectivity index (χ3n) is 6.67. The molecule has 4 nitrogen and oxygen atoms in total. The Morgan fingerprint density at radius 2 is 1.94 bits per heavy atom. The van der Waals surface area contributed by atoms with Gasteiger partial charge in [0.25, 0.3) is 0 Å². The fraction of sp³-hybridized carbons (Fsp3) is 0.346. The maximum Gasteiger partial charge on any atom is 0.416 e. The minimum absolute atomic E-state index is 0.291. The zero-order valence-corrected chi connectivity index (χ0v) is 20.0. The van der Waals surface area contributed by atoms with Crippen molar-refractivity contribution < 1.29 is 13.2 Å². The van der Waals surface area contributed by atoms with Crippen LogP contribution in [-0.4, -0.2) is 47.5 Å². The first-order valence-corrected chi connectivity index (χ1v) is 12.3. The Morgan fingerprint density at radius 3 is 2.71 bits per heavy atom. The van der Waals surface area contributed by atoms with Gasteiger partial charge in [0.15, 0.2) is 0 Å². The van der Waals surface area contributed by atoms with Gasteiger partial charge < -0.3 is 10.2 Å². The van der Waals surface area contributed by atoms with Crippen LogP contribution in [0.25, 0.3) is 11.9 Å². The van der Waals surface area contributed by atoms with Crippen molar-refractivity contribution in [3.63, 3.8) is 0 Å². The lowest BCUT2D eigenvalue weighted by Crippen LogP contribution is -2.52. The Morgan fingerprint density at radius 1 is 1.15 bits per heavy atom. The van der Waals surface area contributed by atoms with E-state index in [-0.39, 0.29) is 0 Å². The summed E-state index contributed by atoms with van der Waals surface area (Å²) in [6.45, 7) is 4.78. The first-order valence-electron chi connectivity index (χ1n) is 11.4. The molecule has 2 aromatic heterocycles. The van der Waals surface area contributed by atoms with Crippen molar-refractivity contribution in [1.29, 1.82) is 0 Å². The maximum absolute atomic E-state index is 12.9. The molecule has 1 unspecified atom stereocenters. The van der Waals surface area contributed by atoms with E-state index in [9.17, 15) is 13.2 Å². The molecule has 0 spiro atoms. The standard InChI is InChI=1S/C26H27F3N4S/c1-17-14-22-24(23-19(4-3-11-30-23)15-31-25(22)34-17)33-13-12-32(2)21(16-33)10-7-18-5-8-20(9-6-18)26(27,28)29/h3-6,8-9,11,14-15,21,31H,7,10,12-13,16H2,1-2H3. The van der Waals surface area contributed by atoms with Crippen LogP contribution in [0.15, 0.2) is 48.7 Å². The van der Waals surface area contributed by atoms with Gasteiger partial charge in [-0.25, -0.2) is 0 Å². The lowest BCUT2D eigenvalue weighted by molar-refractivity contribution is -0.137. The summed E-state index contributed by atoms with van der Waals surface area (Å²) in [4.78, 5) is 10.8. The van der Waals surface area contributed by atoms with Crippen LogP contribution in [0.4, 0.5) is 18.2 Å². The summed E-state index contributed by atoms with van der Waals surface area (Å²) in [5.74, 6) is 0. The van der Waals surface area contributed by atoms with E-state index in [1.165, 1.54) is 22.6 Å². The number of aryl methyl sites for hydroxylation is 2. The van der Waals surface area contributed by atoms with Crippen molar-refractivity contribution in [1.82, 2.24) is 14.8 Å². The summed E-state index contributed by atoms with van der Waals surface area (Å²) in [5, 5.41) is 6.65. The van der Waals surface area contributed by atoms with Crippen molar-refractivity contribution in [2.45, 2.75) is 32.0 Å². The van der Waals surface area contributed by atoms with Gasteiger partial charge in [0, 0.05) is 53.7 Å². The number of pyridine rings is 1. The molecule has 0 bridgehead atoms. The highest BCUT2D eigenvalue weighted by Gasteiger charge is 2.31. The number of alkyl halides is 3. The number of hydrogen-bond donors (Lipinski definition) is 1. The first-order chi connectivity index (χ1) is 16.3. The highest BCUT2D eigenvalue weighted by molar-refractivity contribution is 7.16. The molecule has 1 atom stereocenters. The highest BCUT2D eigenvalue weighted by Crippen LogP contribution is 2.35. The number of nitrogens with zero attached hydrogens (tertiary/aromatic N) is 3. The fourth-order valence-electron chi connectivity index (χ4n) is 4.77. The molecular weight excluding hydrogens is 457 g/mol. The summed E-state index contributed by atoms with van der Waals surface area (Å²) >= 11 is 1.75. The molecule has 0 amide bonds. The van der Waals surface area contributed by atoms with Crippen LogP contribution in [0, 0.1) is 6.92 Å². The summed E-state index contributed by atoms with van der Waals surface area (Å²) in [6.07, 6.45) is 1.19. The van der Waals surface area contributed by atoms with E-state index in [1.54, 1.807) is 23.5 Å². The highest BCUT2D eigenvalue weighted by atomic mass is 32.1. The second-order valence-corrected chi connectivity index (χ2v) is 10.2. The van der Waals surface area contributed by atoms with E-state index in [2.05, 4.69) is 41.2 Å². The van der Waals surface area contributed by atoms with Gasteiger partial charge in [0.05, 0.1) is 16.6 Å². The van der Waals surface area contributed by atoms with Crippen LogP contribution < -0.4 is 15.9 Å². The number of benzene rings is 1. The van der Waals surface area contributed by atoms with Crippen molar-refractivity contribution in [3.8, 4) is 0 Å². The van der Waals surface area contributed by atoms with E-state index >= 15 is 0 Å². The van der Waals surface area contributed by atoms with Crippen LogP contribution in [0.3, 0.4) is 0 Å². The number of rotatable bonds is 4. The molecule has 4 heterocycles.